The van der Waals surface area contributed by atoms with Crippen molar-refractivity contribution in [2.24, 2.45) is 0 Å². The molecule has 0 aliphatic carbocycles. The van der Waals surface area contributed by atoms with Crippen molar-refractivity contribution < 1.29 is 4.79 Å². The highest BCUT2D eigenvalue weighted by atomic mass is 35.5. The summed E-state index contributed by atoms with van der Waals surface area (Å²) in [7, 11) is 0. The largest absolute Gasteiger partial charge is 0.353 e. The van der Waals surface area contributed by atoms with Gasteiger partial charge in [0, 0.05) is 22.9 Å². The topological polar surface area (TPSA) is 29.1 Å². The maximum atomic E-state index is 11.4. The first-order chi connectivity index (χ1) is 7.04. The molecule has 0 radical (unpaired) electrons. The maximum absolute atomic E-state index is 11.4. The van der Waals surface area contributed by atoms with Gasteiger partial charge in [0.15, 0.2) is 0 Å². The van der Waals surface area contributed by atoms with Crippen LogP contribution in [0.1, 0.15) is 25.8 Å². The van der Waals surface area contributed by atoms with Gasteiger partial charge in [0.2, 0.25) is 5.91 Å². The summed E-state index contributed by atoms with van der Waals surface area (Å²) in [6.07, 6.45) is 0.512. The highest BCUT2D eigenvalue weighted by Gasteiger charge is 2.42. The van der Waals surface area contributed by atoms with Crippen molar-refractivity contribution >= 4 is 17.5 Å². The highest BCUT2D eigenvalue weighted by Crippen LogP contribution is 2.38. The molecule has 2 rings (SSSR count). The Balaban J connectivity index is 2.46. The second kappa shape index (κ2) is 3.53. The van der Waals surface area contributed by atoms with E-state index in [2.05, 4.69) is 12.2 Å². The summed E-state index contributed by atoms with van der Waals surface area (Å²) >= 11 is 6.17. The molecular weight excluding hydrogens is 210 g/mol. The van der Waals surface area contributed by atoms with E-state index in [4.69, 9.17) is 11.6 Å². The first kappa shape index (κ1) is 10.5. The van der Waals surface area contributed by atoms with Crippen LogP contribution in [0, 0.1) is 0 Å². The summed E-state index contributed by atoms with van der Waals surface area (Å²) in [6, 6.07) is 7.87. The van der Waals surface area contributed by atoms with E-state index in [0.717, 1.165) is 10.6 Å². The minimum absolute atomic E-state index is 0.102. The second-order valence-corrected chi connectivity index (χ2v) is 4.77. The average molecular weight is 224 g/mol. The Morgan fingerprint density at radius 3 is 2.67 bits per heavy atom. The van der Waals surface area contributed by atoms with E-state index in [0.29, 0.717) is 6.42 Å². The summed E-state index contributed by atoms with van der Waals surface area (Å²) in [5, 5.41) is 3.67. The molecule has 1 aromatic rings. The van der Waals surface area contributed by atoms with Gasteiger partial charge in [0.05, 0.1) is 0 Å². The molecule has 1 saturated heterocycles. The molecule has 0 spiro atoms. The van der Waals surface area contributed by atoms with Crippen molar-refractivity contribution in [1.29, 1.82) is 0 Å². The number of rotatable bonds is 1. The van der Waals surface area contributed by atoms with Gasteiger partial charge in [-0.3, -0.25) is 4.79 Å². The lowest BCUT2D eigenvalue weighted by Gasteiger charge is -2.28. The molecule has 1 aromatic carbocycles. The average Bonchev–Trinajstić information content (AvgIpc) is 2.42. The molecule has 1 N–H and O–H groups in total. The van der Waals surface area contributed by atoms with E-state index < -0.39 is 0 Å². The molecule has 0 saturated carbocycles. The zero-order valence-electron chi connectivity index (χ0n) is 8.88. The fourth-order valence-corrected chi connectivity index (χ4v) is 2.54. The molecular formula is C12H14ClNO. The molecule has 15 heavy (non-hydrogen) atoms. The van der Waals surface area contributed by atoms with Gasteiger partial charge in [-0.05, 0) is 18.6 Å². The quantitative estimate of drug-likeness (QED) is 0.779. The van der Waals surface area contributed by atoms with Gasteiger partial charge in [0.1, 0.15) is 0 Å². The van der Waals surface area contributed by atoms with E-state index in [-0.39, 0.29) is 17.4 Å². The lowest BCUT2D eigenvalue weighted by molar-refractivity contribution is -0.119. The first-order valence-corrected chi connectivity index (χ1v) is 5.46. The van der Waals surface area contributed by atoms with E-state index in [1.807, 2.05) is 31.2 Å². The van der Waals surface area contributed by atoms with Crippen molar-refractivity contribution in [3.05, 3.63) is 34.9 Å². The lowest BCUT2D eigenvalue weighted by Crippen LogP contribution is -2.35. The molecule has 1 fully saturated rings. The van der Waals surface area contributed by atoms with Gasteiger partial charge in [-0.2, -0.15) is 0 Å². The van der Waals surface area contributed by atoms with Crippen LogP contribution in [-0.4, -0.2) is 11.9 Å². The number of carbonyl (C=O) groups is 1. The minimum Gasteiger partial charge on any atom is -0.353 e. The fraction of sp³-hybridized carbons (Fsp3) is 0.417. The Morgan fingerprint density at radius 2 is 2.13 bits per heavy atom. The standard InChI is InChI=1S/C12H14ClNO/c1-8-12(2,7-11(15)14-8)9-5-3-4-6-10(9)13/h3-6,8H,7H2,1-2H3,(H,14,15). The molecule has 80 valence electrons. The van der Waals surface area contributed by atoms with Crippen LogP contribution in [-0.2, 0) is 10.2 Å². The Bertz CT molecular complexity index is 404. The number of hydrogen-bond acceptors (Lipinski definition) is 1. The smallest absolute Gasteiger partial charge is 0.221 e. The van der Waals surface area contributed by atoms with Crippen molar-refractivity contribution in [2.75, 3.05) is 0 Å². The number of hydrogen-bond donors (Lipinski definition) is 1. The molecule has 3 heteroatoms. The van der Waals surface area contributed by atoms with Gasteiger partial charge in [0.25, 0.3) is 0 Å². The fourth-order valence-electron chi connectivity index (χ4n) is 2.19. The summed E-state index contributed by atoms with van der Waals surface area (Å²) in [5.41, 5.74) is 0.868. The highest BCUT2D eigenvalue weighted by molar-refractivity contribution is 6.31. The van der Waals surface area contributed by atoms with Crippen molar-refractivity contribution in [2.45, 2.75) is 31.7 Å². The molecule has 0 aromatic heterocycles. The number of halogens is 1. The molecule has 2 unspecified atom stereocenters. The zero-order valence-corrected chi connectivity index (χ0v) is 9.64. The van der Waals surface area contributed by atoms with Crippen LogP contribution < -0.4 is 5.32 Å². The predicted octanol–water partition coefficient (Wildman–Crippen LogP) is 2.51. The van der Waals surface area contributed by atoms with Crippen LogP contribution in [0.4, 0.5) is 0 Å². The first-order valence-electron chi connectivity index (χ1n) is 5.08. The SMILES string of the molecule is CC1NC(=O)CC1(C)c1ccccc1Cl. The third-order valence-electron chi connectivity index (χ3n) is 3.35. The normalized spacial score (nSPS) is 30.3. The van der Waals surface area contributed by atoms with Crippen LogP contribution in [0.2, 0.25) is 5.02 Å². The Hall–Kier alpha value is -1.02. The van der Waals surface area contributed by atoms with Gasteiger partial charge in [-0.1, -0.05) is 36.7 Å². The molecule has 1 aliphatic rings. The molecule has 1 aliphatic heterocycles. The maximum Gasteiger partial charge on any atom is 0.221 e. The van der Waals surface area contributed by atoms with Crippen LogP contribution in [0.15, 0.2) is 24.3 Å². The summed E-state index contributed by atoms with van der Waals surface area (Å²) in [5.74, 6) is 0.102. The zero-order chi connectivity index (χ0) is 11.1. The van der Waals surface area contributed by atoms with E-state index in [9.17, 15) is 4.79 Å². The lowest BCUT2D eigenvalue weighted by atomic mass is 9.77. The Labute approximate surface area is 94.6 Å². The number of carbonyl (C=O) groups excluding carboxylic acids is 1. The molecule has 2 nitrogen and oxygen atoms in total. The van der Waals surface area contributed by atoms with Gasteiger partial charge in [-0.15, -0.1) is 0 Å². The summed E-state index contributed by atoms with van der Waals surface area (Å²) in [4.78, 5) is 11.4. The number of amides is 1. The molecule has 1 amide bonds. The summed E-state index contributed by atoms with van der Waals surface area (Å²) in [6.45, 7) is 4.10. The second-order valence-electron chi connectivity index (χ2n) is 4.36. The van der Waals surface area contributed by atoms with Crippen LogP contribution in [0.3, 0.4) is 0 Å². The van der Waals surface area contributed by atoms with Crippen molar-refractivity contribution in [1.82, 2.24) is 5.32 Å². The van der Waals surface area contributed by atoms with Crippen LogP contribution >= 0.6 is 11.6 Å². The van der Waals surface area contributed by atoms with E-state index in [1.54, 1.807) is 0 Å². The van der Waals surface area contributed by atoms with Crippen molar-refractivity contribution in [3.8, 4) is 0 Å². The van der Waals surface area contributed by atoms with Crippen molar-refractivity contribution in [3.63, 3.8) is 0 Å². The monoisotopic (exact) mass is 223 g/mol. The molecule has 1 heterocycles. The van der Waals surface area contributed by atoms with E-state index in [1.165, 1.54) is 0 Å². The Kier molecular flexibility index (Phi) is 2.47. The van der Waals surface area contributed by atoms with Crippen LogP contribution in [0.5, 0.6) is 0 Å². The van der Waals surface area contributed by atoms with Gasteiger partial charge in [-0.25, -0.2) is 0 Å². The molecule has 0 bridgehead atoms. The number of nitrogens with one attached hydrogen (secondary N) is 1. The minimum atomic E-state index is -0.185. The van der Waals surface area contributed by atoms with Crippen LogP contribution in [0.25, 0.3) is 0 Å². The third kappa shape index (κ3) is 1.63. The third-order valence-corrected chi connectivity index (χ3v) is 3.68. The predicted molar refractivity (Wildman–Crippen MR) is 61.0 cm³/mol. The van der Waals surface area contributed by atoms with E-state index >= 15 is 0 Å². The molecule has 2 atom stereocenters. The summed E-state index contributed by atoms with van der Waals surface area (Å²) < 4.78 is 0. The number of benzene rings is 1. The van der Waals surface area contributed by atoms with Gasteiger partial charge >= 0.3 is 0 Å². The van der Waals surface area contributed by atoms with Gasteiger partial charge < -0.3 is 5.32 Å². The Morgan fingerprint density at radius 1 is 1.47 bits per heavy atom.